The van der Waals surface area contributed by atoms with Crippen LogP contribution in [-0.2, 0) is 4.79 Å². The van der Waals surface area contributed by atoms with E-state index in [1.165, 1.54) is 0 Å². The van der Waals surface area contributed by atoms with E-state index in [0.29, 0.717) is 24.4 Å². The highest BCUT2D eigenvalue weighted by atomic mass is 16.2. The van der Waals surface area contributed by atoms with Crippen molar-refractivity contribution in [1.82, 2.24) is 4.90 Å². The number of piperidine rings is 1. The molecule has 1 fully saturated rings. The minimum absolute atomic E-state index is 0.163. The van der Waals surface area contributed by atoms with Crippen molar-refractivity contribution in [3.8, 4) is 0 Å². The van der Waals surface area contributed by atoms with Crippen molar-refractivity contribution in [2.75, 3.05) is 13.1 Å². The van der Waals surface area contributed by atoms with Crippen LogP contribution < -0.4 is 5.73 Å². The number of nitrogens with two attached hydrogens (primary N) is 1. The molecule has 3 heteroatoms. The quantitative estimate of drug-likeness (QED) is 0.741. The molecular weight excluding hydrogens is 176 g/mol. The first-order valence-electron chi connectivity index (χ1n) is 5.58. The first-order chi connectivity index (χ1) is 6.57. The Morgan fingerprint density at radius 2 is 2.14 bits per heavy atom. The minimum Gasteiger partial charge on any atom is -0.340 e. The van der Waals surface area contributed by atoms with Gasteiger partial charge in [0.25, 0.3) is 0 Å². The monoisotopic (exact) mass is 198 g/mol. The molecule has 0 saturated carbocycles. The van der Waals surface area contributed by atoms with Crippen LogP contribution in [0.4, 0.5) is 0 Å². The van der Waals surface area contributed by atoms with Gasteiger partial charge in [0.2, 0.25) is 5.91 Å². The van der Waals surface area contributed by atoms with Crippen molar-refractivity contribution in [3.63, 3.8) is 0 Å². The number of nitrogens with zero attached hydrogens (tertiary/aromatic N) is 1. The first kappa shape index (κ1) is 11.5. The summed E-state index contributed by atoms with van der Waals surface area (Å²) in [4.78, 5) is 14.0. The van der Waals surface area contributed by atoms with Crippen LogP contribution in [0.5, 0.6) is 0 Å². The molecule has 1 saturated heterocycles. The van der Waals surface area contributed by atoms with E-state index in [0.717, 1.165) is 19.4 Å². The van der Waals surface area contributed by atoms with E-state index in [1.807, 2.05) is 4.90 Å². The highest BCUT2D eigenvalue weighted by Gasteiger charge is 2.32. The summed E-state index contributed by atoms with van der Waals surface area (Å²) < 4.78 is 0. The Kier molecular flexibility index (Phi) is 3.93. The number of likely N-dealkylation sites (tertiary alicyclic amines) is 1. The zero-order valence-electron chi connectivity index (χ0n) is 9.49. The van der Waals surface area contributed by atoms with Crippen molar-refractivity contribution >= 4 is 5.91 Å². The Labute approximate surface area is 86.6 Å². The minimum atomic E-state index is 0.163. The van der Waals surface area contributed by atoms with Gasteiger partial charge in [0.05, 0.1) is 0 Å². The molecule has 0 spiro atoms. The number of carbonyl (C=O) groups excluding carboxylic acids is 1. The fourth-order valence-electron chi connectivity index (χ4n) is 2.13. The highest BCUT2D eigenvalue weighted by molar-refractivity contribution is 5.80. The molecule has 0 aliphatic carbocycles. The van der Waals surface area contributed by atoms with E-state index in [2.05, 4.69) is 20.8 Å². The molecule has 1 amide bonds. The summed E-state index contributed by atoms with van der Waals surface area (Å²) in [7, 11) is 0. The Balaban J connectivity index is 2.66. The molecule has 0 bridgehead atoms. The highest BCUT2D eigenvalue weighted by Crippen LogP contribution is 2.25. The Bertz CT molecular complexity index is 203. The summed E-state index contributed by atoms with van der Waals surface area (Å²) in [6, 6.07) is 0.329. The number of hydrogen-bond donors (Lipinski definition) is 1. The summed E-state index contributed by atoms with van der Waals surface area (Å²) >= 11 is 0. The van der Waals surface area contributed by atoms with Crippen molar-refractivity contribution in [2.45, 2.75) is 39.7 Å². The smallest absolute Gasteiger partial charge is 0.226 e. The second-order valence-electron chi connectivity index (χ2n) is 4.59. The number of hydrogen-bond acceptors (Lipinski definition) is 2. The predicted molar refractivity (Wildman–Crippen MR) is 57.8 cm³/mol. The van der Waals surface area contributed by atoms with Crippen LogP contribution in [-0.4, -0.2) is 29.9 Å². The van der Waals surface area contributed by atoms with Gasteiger partial charge in [-0.15, -0.1) is 0 Å². The Morgan fingerprint density at radius 3 is 2.64 bits per heavy atom. The van der Waals surface area contributed by atoms with Crippen LogP contribution in [0.1, 0.15) is 33.6 Å². The molecule has 2 atom stereocenters. The van der Waals surface area contributed by atoms with E-state index in [-0.39, 0.29) is 5.92 Å². The zero-order chi connectivity index (χ0) is 10.7. The number of rotatable bonds is 3. The maximum atomic E-state index is 12.0. The Morgan fingerprint density at radius 1 is 1.50 bits per heavy atom. The van der Waals surface area contributed by atoms with Crippen molar-refractivity contribution < 1.29 is 4.79 Å². The topological polar surface area (TPSA) is 46.3 Å². The summed E-state index contributed by atoms with van der Waals surface area (Å²) in [5, 5.41) is 0. The lowest BCUT2D eigenvalue weighted by Gasteiger charge is -2.37. The zero-order valence-corrected chi connectivity index (χ0v) is 9.49. The fourth-order valence-corrected chi connectivity index (χ4v) is 2.13. The number of carbonyl (C=O) groups is 1. The average molecular weight is 198 g/mol. The molecular formula is C11H22N2O. The van der Waals surface area contributed by atoms with Crippen LogP contribution in [0.15, 0.2) is 0 Å². The second kappa shape index (κ2) is 4.78. The lowest BCUT2D eigenvalue weighted by molar-refractivity contribution is -0.142. The van der Waals surface area contributed by atoms with Gasteiger partial charge in [-0.1, -0.05) is 6.92 Å². The van der Waals surface area contributed by atoms with E-state index < -0.39 is 0 Å². The van der Waals surface area contributed by atoms with Gasteiger partial charge in [0, 0.05) is 18.5 Å². The van der Waals surface area contributed by atoms with Gasteiger partial charge in [0.15, 0.2) is 0 Å². The molecule has 3 nitrogen and oxygen atoms in total. The molecule has 0 aromatic carbocycles. The largest absolute Gasteiger partial charge is 0.340 e. The Hall–Kier alpha value is -0.570. The first-order valence-corrected chi connectivity index (χ1v) is 5.58. The van der Waals surface area contributed by atoms with Crippen LogP contribution >= 0.6 is 0 Å². The van der Waals surface area contributed by atoms with Crippen molar-refractivity contribution in [1.29, 1.82) is 0 Å². The molecule has 1 aliphatic heterocycles. The van der Waals surface area contributed by atoms with Crippen LogP contribution in [0.3, 0.4) is 0 Å². The third kappa shape index (κ3) is 2.27. The molecule has 1 rings (SSSR count). The lowest BCUT2D eigenvalue weighted by atomic mass is 9.85. The van der Waals surface area contributed by atoms with E-state index in [1.54, 1.807) is 0 Å². The molecule has 1 heterocycles. The van der Waals surface area contributed by atoms with Crippen LogP contribution in [0, 0.1) is 11.8 Å². The predicted octanol–water partition coefficient (Wildman–Crippen LogP) is 1.23. The normalized spacial score (nSPS) is 25.6. The van der Waals surface area contributed by atoms with Gasteiger partial charge in [-0.3, -0.25) is 4.79 Å². The molecule has 2 N–H and O–H groups in total. The van der Waals surface area contributed by atoms with E-state index >= 15 is 0 Å². The van der Waals surface area contributed by atoms with E-state index in [4.69, 9.17) is 5.73 Å². The summed E-state index contributed by atoms with van der Waals surface area (Å²) in [5.41, 5.74) is 5.62. The fraction of sp³-hybridized carbons (Fsp3) is 0.909. The van der Waals surface area contributed by atoms with Gasteiger partial charge in [0.1, 0.15) is 0 Å². The molecule has 14 heavy (non-hydrogen) atoms. The van der Waals surface area contributed by atoms with Crippen molar-refractivity contribution in [2.24, 2.45) is 17.6 Å². The van der Waals surface area contributed by atoms with E-state index in [9.17, 15) is 4.79 Å². The van der Waals surface area contributed by atoms with Gasteiger partial charge in [-0.25, -0.2) is 0 Å². The summed E-state index contributed by atoms with van der Waals surface area (Å²) in [6.45, 7) is 7.76. The molecule has 82 valence electrons. The van der Waals surface area contributed by atoms with Crippen molar-refractivity contribution in [3.05, 3.63) is 0 Å². The third-order valence-corrected chi connectivity index (χ3v) is 3.20. The third-order valence-electron chi connectivity index (χ3n) is 3.20. The maximum Gasteiger partial charge on any atom is 0.226 e. The maximum absolute atomic E-state index is 12.0. The summed E-state index contributed by atoms with van der Waals surface area (Å²) in [6.07, 6.45) is 2.14. The molecule has 1 aliphatic rings. The van der Waals surface area contributed by atoms with Crippen LogP contribution in [0.2, 0.25) is 0 Å². The van der Waals surface area contributed by atoms with Gasteiger partial charge >= 0.3 is 0 Å². The van der Waals surface area contributed by atoms with Crippen LogP contribution in [0.25, 0.3) is 0 Å². The molecule has 0 aromatic heterocycles. The van der Waals surface area contributed by atoms with Gasteiger partial charge < -0.3 is 10.6 Å². The number of amides is 1. The molecule has 2 unspecified atom stereocenters. The lowest BCUT2D eigenvalue weighted by Crippen LogP contribution is -2.47. The van der Waals surface area contributed by atoms with Gasteiger partial charge in [-0.2, -0.15) is 0 Å². The second-order valence-corrected chi connectivity index (χ2v) is 4.59. The standard InChI is InChI=1S/C11H22N2O/c1-8(2)13-6-4-5-10(11(13)14)9(3)7-12/h8-10H,4-7,12H2,1-3H3. The summed E-state index contributed by atoms with van der Waals surface area (Å²) in [5.74, 6) is 0.796. The van der Waals surface area contributed by atoms with Gasteiger partial charge in [-0.05, 0) is 39.2 Å². The SMILES string of the molecule is CC(CN)C1CCCN(C(C)C)C1=O. The average Bonchev–Trinajstić information content (AvgIpc) is 2.16. The molecule has 0 aromatic rings. The molecule has 0 radical (unpaired) electrons.